The molecule has 2 aliphatic carbocycles. The maximum atomic E-state index is 11.8. The Kier molecular flexibility index (Phi) is 3.51. The number of aromatic nitrogens is 6. The second kappa shape index (κ2) is 6.01. The van der Waals surface area contributed by atoms with Crippen LogP contribution in [0.15, 0.2) is 24.5 Å². The van der Waals surface area contributed by atoms with Crippen molar-refractivity contribution in [1.82, 2.24) is 29.8 Å². The lowest BCUT2D eigenvalue weighted by atomic mass is 10.3. The normalized spacial score (nSPS) is 16.6. The average Bonchev–Trinajstić information content (AvgIpc) is 3.55. The molecular formula is C17H18N8O. The Morgan fingerprint density at radius 1 is 1.12 bits per heavy atom. The predicted octanol–water partition coefficient (Wildman–Crippen LogP) is 1.75. The van der Waals surface area contributed by atoms with Crippen LogP contribution in [0, 0.1) is 5.92 Å². The molecule has 0 saturated heterocycles. The molecule has 2 fully saturated rings. The summed E-state index contributed by atoms with van der Waals surface area (Å²) in [4.78, 5) is 24.5. The van der Waals surface area contributed by atoms with Crippen LogP contribution in [0.3, 0.4) is 0 Å². The number of fused-ring (bicyclic) bond motifs is 1. The predicted molar refractivity (Wildman–Crippen MR) is 93.5 cm³/mol. The molecule has 9 nitrogen and oxygen atoms in total. The minimum Gasteiger partial charge on any atom is -0.363 e. The molecule has 0 radical (unpaired) electrons. The van der Waals surface area contributed by atoms with Gasteiger partial charge in [-0.3, -0.25) is 4.79 Å². The smallest absolute Gasteiger partial charge is 0.228 e. The van der Waals surface area contributed by atoms with Crippen LogP contribution in [-0.2, 0) is 11.3 Å². The molecule has 2 aliphatic rings. The van der Waals surface area contributed by atoms with Gasteiger partial charge in [0.1, 0.15) is 18.0 Å². The maximum Gasteiger partial charge on any atom is 0.228 e. The first-order chi connectivity index (χ1) is 12.7. The maximum absolute atomic E-state index is 11.8. The Morgan fingerprint density at radius 3 is 2.77 bits per heavy atom. The quantitative estimate of drug-likeness (QED) is 0.697. The fourth-order valence-corrected chi connectivity index (χ4v) is 2.78. The van der Waals surface area contributed by atoms with Crippen LogP contribution >= 0.6 is 0 Å². The first-order valence-electron chi connectivity index (χ1n) is 8.84. The molecule has 0 aromatic carbocycles. The van der Waals surface area contributed by atoms with E-state index < -0.39 is 0 Å². The van der Waals surface area contributed by atoms with E-state index in [4.69, 9.17) is 0 Å². The van der Waals surface area contributed by atoms with Gasteiger partial charge in [-0.1, -0.05) is 0 Å². The van der Waals surface area contributed by atoms with Crippen LogP contribution in [0.4, 0.5) is 11.6 Å². The molecule has 26 heavy (non-hydrogen) atoms. The van der Waals surface area contributed by atoms with Crippen molar-refractivity contribution >= 4 is 23.2 Å². The van der Waals surface area contributed by atoms with Crippen LogP contribution in [0.1, 0.15) is 43.1 Å². The average molecular weight is 350 g/mol. The van der Waals surface area contributed by atoms with E-state index in [2.05, 4.69) is 35.8 Å². The Balaban J connectivity index is 1.26. The molecule has 3 aromatic heterocycles. The van der Waals surface area contributed by atoms with E-state index >= 15 is 0 Å². The first-order valence-corrected chi connectivity index (χ1v) is 8.84. The summed E-state index contributed by atoms with van der Waals surface area (Å²) in [7, 11) is 0. The van der Waals surface area contributed by atoms with Crippen molar-refractivity contribution in [3.63, 3.8) is 0 Å². The molecule has 0 bridgehead atoms. The van der Waals surface area contributed by atoms with Crippen LogP contribution in [0.2, 0.25) is 0 Å². The summed E-state index contributed by atoms with van der Waals surface area (Å²) in [6, 6.07) is 5.69. The van der Waals surface area contributed by atoms with Crippen molar-refractivity contribution in [1.29, 1.82) is 0 Å². The number of carbonyl (C=O) groups is 1. The largest absolute Gasteiger partial charge is 0.363 e. The van der Waals surface area contributed by atoms with Gasteiger partial charge in [0.05, 0.1) is 12.2 Å². The molecule has 0 unspecified atom stereocenters. The molecule has 2 N–H and O–H groups in total. The number of nitrogens with one attached hydrogen (secondary N) is 2. The zero-order valence-electron chi connectivity index (χ0n) is 14.1. The van der Waals surface area contributed by atoms with E-state index in [-0.39, 0.29) is 11.8 Å². The van der Waals surface area contributed by atoms with E-state index in [0.717, 1.165) is 24.2 Å². The molecule has 1 amide bonds. The van der Waals surface area contributed by atoms with E-state index in [9.17, 15) is 4.79 Å². The van der Waals surface area contributed by atoms with E-state index in [1.807, 2.05) is 12.1 Å². The fraction of sp³-hybridized carbons (Fsp3) is 0.412. The Morgan fingerprint density at radius 2 is 1.96 bits per heavy atom. The zero-order valence-corrected chi connectivity index (χ0v) is 14.1. The van der Waals surface area contributed by atoms with E-state index in [1.165, 1.54) is 19.2 Å². The summed E-state index contributed by atoms with van der Waals surface area (Å²) in [6.45, 7) is 0.412. The van der Waals surface area contributed by atoms with Gasteiger partial charge < -0.3 is 10.6 Å². The molecule has 5 rings (SSSR count). The fourth-order valence-electron chi connectivity index (χ4n) is 2.78. The summed E-state index contributed by atoms with van der Waals surface area (Å²) >= 11 is 0. The van der Waals surface area contributed by atoms with Crippen molar-refractivity contribution < 1.29 is 4.79 Å². The number of anilines is 2. The lowest BCUT2D eigenvalue weighted by Crippen LogP contribution is -2.15. The number of amides is 1. The SMILES string of the molecule is O=C(Nc1cc(NCc2nc3ccc(C4CC4)nn3n2)ncn1)C1CC1. The summed E-state index contributed by atoms with van der Waals surface area (Å²) in [5.41, 5.74) is 1.81. The van der Waals surface area contributed by atoms with Crippen molar-refractivity contribution in [2.45, 2.75) is 38.1 Å². The highest BCUT2D eigenvalue weighted by Crippen LogP contribution is 2.38. The number of carbonyl (C=O) groups excluding carboxylic acids is 1. The van der Waals surface area contributed by atoms with Gasteiger partial charge in [0, 0.05) is 17.9 Å². The second-order valence-corrected chi connectivity index (χ2v) is 6.81. The standard InChI is InChI=1S/C17H18N8O/c26-17(11-3-4-11)22-14-7-13(19-9-20-14)18-8-15-21-16-6-5-12(10-1-2-10)23-25(16)24-15/h5-7,9-11H,1-4,8H2,(H2,18,19,20,22,26). The third kappa shape index (κ3) is 3.19. The third-order valence-corrected chi connectivity index (χ3v) is 4.56. The molecule has 9 heteroatoms. The number of nitrogens with zero attached hydrogens (tertiary/aromatic N) is 6. The van der Waals surface area contributed by atoms with Gasteiger partial charge in [0.15, 0.2) is 11.5 Å². The van der Waals surface area contributed by atoms with Crippen LogP contribution in [0.5, 0.6) is 0 Å². The second-order valence-electron chi connectivity index (χ2n) is 6.81. The zero-order chi connectivity index (χ0) is 17.5. The number of hydrogen-bond donors (Lipinski definition) is 2. The lowest BCUT2D eigenvalue weighted by Gasteiger charge is -2.06. The van der Waals surface area contributed by atoms with Gasteiger partial charge in [-0.05, 0) is 37.8 Å². The lowest BCUT2D eigenvalue weighted by molar-refractivity contribution is -0.117. The summed E-state index contributed by atoms with van der Waals surface area (Å²) < 4.78 is 1.59. The van der Waals surface area contributed by atoms with Crippen molar-refractivity contribution in [2.24, 2.45) is 5.92 Å². The molecule has 0 atom stereocenters. The Bertz CT molecular complexity index is 976. The molecule has 0 spiro atoms. The monoisotopic (exact) mass is 350 g/mol. The van der Waals surface area contributed by atoms with Crippen LogP contribution in [0.25, 0.3) is 5.65 Å². The molecule has 0 aliphatic heterocycles. The van der Waals surface area contributed by atoms with E-state index in [0.29, 0.717) is 29.9 Å². The molecule has 3 aromatic rings. The third-order valence-electron chi connectivity index (χ3n) is 4.56. The minimum absolute atomic E-state index is 0.0224. The van der Waals surface area contributed by atoms with Gasteiger partial charge in [0.2, 0.25) is 5.91 Å². The summed E-state index contributed by atoms with van der Waals surface area (Å²) in [5, 5.41) is 14.9. The topological polar surface area (TPSA) is 110 Å². The highest BCUT2D eigenvalue weighted by Gasteiger charge is 2.29. The van der Waals surface area contributed by atoms with Crippen LogP contribution in [-0.4, -0.2) is 35.7 Å². The van der Waals surface area contributed by atoms with Crippen LogP contribution < -0.4 is 10.6 Å². The summed E-state index contributed by atoms with van der Waals surface area (Å²) in [6.07, 6.45) is 5.74. The van der Waals surface area contributed by atoms with Gasteiger partial charge in [-0.25, -0.2) is 15.0 Å². The molecule has 2 saturated carbocycles. The van der Waals surface area contributed by atoms with Crippen molar-refractivity contribution in [2.75, 3.05) is 10.6 Å². The highest BCUT2D eigenvalue weighted by molar-refractivity contribution is 5.93. The molecule has 3 heterocycles. The highest BCUT2D eigenvalue weighted by atomic mass is 16.2. The Hall–Kier alpha value is -3.10. The van der Waals surface area contributed by atoms with Gasteiger partial charge in [-0.2, -0.15) is 5.10 Å². The van der Waals surface area contributed by atoms with Gasteiger partial charge >= 0.3 is 0 Å². The first kappa shape index (κ1) is 15.2. The Labute approximate surface area is 149 Å². The number of hydrogen-bond acceptors (Lipinski definition) is 7. The van der Waals surface area contributed by atoms with Crippen molar-refractivity contribution in [3.05, 3.63) is 36.0 Å². The number of rotatable bonds is 6. The van der Waals surface area contributed by atoms with Gasteiger partial charge in [-0.15, -0.1) is 9.73 Å². The van der Waals surface area contributed by atoms with Crippen molar-refractivity contribution in [3.8, 4) is 0 Å². The summed E-state index contributed by atoms with van der Waals surface area (Å²) in [5.74, 6) is 2.48. The van der Waals surface area contributed by atoms with E-state index in [1.54, 1.807) is 10.7 Å². The minimum atomic E-state index is 0.0224. The van der Waals surface area contributed by atoms with Gasteiger partial charge in [0.25, 0.3) is 0 Å². The molecule has 132 valence electrons. The molecular weight excluding hydrogens is 332 g/mol.